The van der Waals surface area contributed by atoms with Crippen molar-refractivity contribution in [2.24, 2.45) is 0 Å². The zero-order valence-electron chi connectivity index (χ0n) is 15.1. The van der Waals surface area contributed by atoms with E-state index in [2.05, 4.69) is 4.98 Å². The molecule has 140 valence electrons. The highest BCUT2D eigenvalue weighted by Gasteiger charge is 2.20. The molecule has 0 N–H and O–H groups in total. The van der Waals surface area contributed by atoms with Crippen molar-refractivity contribution in [1.82, 2.24) is 4.98 Å². The van der Waals surface area contributed by atoms with Gasteiger partial charge in [-0.15, -0.1) is 11.3 Å². The third-order valence-electron chi connectivity index (χ3n) is 4.13. The van der Waals surface area contributed by atoms with Crippen LogP contribution in [0.5, 0.6) is 5.75 Å². The Kier molecular flexibility index (Phi) is 6.05. The Bertz CT molecular complexity index is 988. The first-order chi connectivity index (χ1) is 12.9. The van der Waals surface area contributed by atoms with Crippen molar-refractivity contribution >= 4 is 51.3 Å². The maximum atomic E-state index is 12.3. The molecule has 27 heavy (non-hydrogen) atoms. The van der Waals surface area contributed by atoms with Crippen LogP contribution in [0.1, 0.15) is 23.7 Å². The summed E-state index contributed by atoms with van der Waals surface area (Å²) in [5.41, 5.74) is 3.71. The number of carbonyl (C=O) groups excluding carboxylic acids is 1. The topological polar surface area (TPSA) is 42.4 Å². The molecule has 7 heteroatoms. The molecule has 2 aromatic carbocycles. The Morgan fingerprint density at radius 3 is 2.74 bits per heavy atom. The molecule has 3 aromatic rings. The van der Waals surface area contributed by atoms with E-state index in [-0.39, 0.29) is 12.5 Å². The van der Waals surface area contributed by atoms with Gasteiger partial charge in [0.05, 0.1) is 16.4 Å². The maximum Gasteiger partial charge on any atom is 0.230 e. The van der Waals surface area contributed by atoms with E-state index in [9.17, 15) is 4.79 Å². The lowest BCUT2D eigenvalue weighted by Gasteiger charge is -2.21. The molecule has 0 aliphatic carbocycles. The quantitative estimate of drug-likeness (QED) is 0.484. The molecule has 3 rings (SSSR count). The molecule has 1 heterocycles. The molecular formula is C20H18Cl2N2O2S. The lowest BCUT2D eigenvalue weighted by molar-refractivity contribution is -0.115. The smallest absolute Gasteiger partial charge is 0.230 e. The van der Waals surface area contributed by atoms with Gasteiger partial charge in [0.15, 0.2) is 5.13 Å². The number of rotatable bonds is 5. The molecule has 4 nitrogen and oxygen atoms in total. The van der Waals surface area contributed by atoms with Crippen molar-refractivity contribution < 1.29 is 9.53 Å². The SMILES string of the molecule is CC(=O)N(c1nc(COc2cc(Cl)ccc2Cl)cs1)c1cccc(C)c1C. The molecule has 0 saturated carbocycles. The Morgan fingerprint density at radius 1 is 1.22 bits per heavy atom. The summed E-state index contributed by atoms with van der Waals surface area (Å²) >= 11 is 13.5. The number of thiazole rings is 1. The normalized spacial score (nSPS) is 10.7. The van der Waals surface area contributed by atoms with Gasteiger partial charge in [0.2, 0.25) is 5.91 Å². The molecule has 0 radical (unpaired) electrons. The summed E-state index contributed by atoms with van der Waals surface area (Å²) in [7, 11) is 0. The van der Waals surface area contributed by atoms with E-state index in [1.54, 1.807) is 23.1 Å². The van der Waals surface area contributed by atoms with Gasteiger partial charge in [-0.1, -0.05) is 35.3 Å². The van der Waals surface area contributed by atoms with Crippen LogP contribution >= 0.6 is 34.5 Å². The van der Waals surface area contributed by atoms with Crippen molar-refractivity contribution in [2.45, 2.75) is 27.4 Å². The van der Waals surface area contributed by atoms with E-state index in [1.807, 2.05) is 37.4 Å². The number of aryl methyl sites for hydroxylation is 1. The predicted octanol–water partition coefficient (Wildman–Crippen LogP) is 6.33. The van der Waals surface area contributed by atoms with Gasteiger partial charge in [0, 0.05) is 23.4 Å². The van der Waals surface area contributed by atoms with Crippen LogP contribution in [-0.2, 0) is 11.4 Å². The number of ether oxygens (including phenoxy) is 1. The Morgan fingerprint density at radius 2 is 2.00 bits per heavy atom. The lowest BCUT2D eigenvalue weighted by atomic mass is 10.1. The highest BCUT2D eigenvalue weighted by molar-refractivity contribution is 7.14. The van der Waals surface area contributed by atoms with Crippen molar-refractivity contribution in [3.63, 3.8) is 0 Å². The average Bonchev–Trinajstić information content (AvgIpc) is 3.08. The molecule has 0 spiro atoms. The summed E-state index contributed by atoms with van der Waals surface area (Å²) in [6, 6.07) is 10.9. The fourth-order valence-electron chi connectivity index (χ4n) is 2.59. The van der Waals surface area contributed by atoms with E-state index < -0.39 is 0 Å². The molecule has 0 fully saturated rings. The third kappa shape index (κ3) is 4.43. The summed E-state index contributed by atoms with van der Waals surface area (Å²) < 4.78 is 5.73. The molecule has 0 aliphatic heterocycles. The number of hydrogen-bond acceptors (Lipinski definition) is 4. The van der Waals surface area contributed by atoms with Gasteiger partial charge in [-0.2, -0.15) is 0 Å². The average molecular weight is 421 g/mol. The summed E-state index contributed by atoms with van der Waals surface area (Å²) in [4.78, 5) is 18.5. The second-order valence-corrected chi connectivity index (χ2v) is 7.74. The molecule has 0 unspecified atom stereocenters. The van der Waals surface area contributed by atoms with Gasteiger partial charge >= 0.3 is 0 Å². The van der Waals surface area contributed by atoms with Crippen LogP contribution in [0.2, 0.25) is 10.0 Å². The fourth-order valence-corrected chi connectivity index (χ4v) is 3.79. The van der Waals surface area contributed by atoms with Crippen molar-refractivity contribution in [2.75, 3.05) is 4.90 Å². The standard InChI is InChI=1S/C20H18Cl2N2O2S/c1-12-5-4-6-18(13(12)2)24(14(3)25)20-23-16(11-27-20)10-26-19-9-15(21)7-8-17(19)22/h4-9,11H,10H2,1-3H3. The van der Waals surface area contributed by atoms with Crippen LogP contribution in [0, 0.1) is 13.8 Å². The van der Waals surface area contributed by atoms with Gasteiger partial charge in [0.25, 0.3) is 0 Å². The minimum Gasteiger partial charge on any atom is -0.486 e. The van der Waals surface area contributed by atoms with Gasteiger partial charge < -0.3 is 4.74 Å². The minimum absolute atomic E-state index is 0.0941. The molecule has 1 aromatic heterocycles. The first-order valence-electron chi connectivity index (χ1n) is 8.26. The molecule has 1 amide bonds. The number of benzene rings is 2. The summed E-state index contributed by atoms with van der Waals surface area (Å²) in [6.07, 6.45) is 0. The third-order valence-corrected chi connectivity index (χ3v) is 5.55. The van der Waals surface area contributed by atoms with Crippen LogP contribution in [0.15, 0.2) is 41.8 Å². The molecular weight excluding hydrogens is 403 g/mol. The second kappa shape index (κ2) is 8.30. The first-order valence-corrected chi connectivity index (χ1v) is 9.89. The summed E-state index contributed by atoms with van der Waals surface area (Å²) in [6.45, 7) is 5.78. The molecule has 0 saturated heterocycles. The van der Waals surface area contributed by atoms with E-state index in [4.69, 9.17) is 27.9 Å². The molecule has 0 bridgehead atoms. The number of anilines is 2. The van der Waals surface area contributed by atoms with E-state index >= 15 is 0 Å². The van der Waals surface area contributed by atoms with E-state index in [1.165, 1.54) is 18.3 Å². The van der Waals surface area contributed by atoms with Crippen molar-refractivity contribution in [1.29, 1.82) is 0 Å². The van der Waals surface area contributed by atoms with Crippen LogP contribution in [-0.4, -0.2) is 10.9 Å². The second-order valence-electron chi connectivity index (χ2n) is 6.06. The largest absolute Gasteiger partial charge is 0.486 e. The zero-order chi connectivity index (χ0) is 19.6. The number of amides is 1. The lowest BCUT2D eigenvalue weighted by Crippen LogP contribution is -2.23. The molecule has 0 aliphatic rings. The van der Waals surface area contributed by atoms with Crippen LogP contribution in [0.3, 0.4) is 0 Å². The summed E-state index contributed by atoms with van der Waals surface area (Å²) in [5, 5.41) is 3.50. The monoisotopic (exact) mass is 420 g/mol. The highest BCUT2D eigenvalue weighted by atomic mass is 35.5. The fraction of sp³-hybridized carbons (Fsp3) is 0.200. The summed E-state index contributed by atoms with van der Waals surface area (Å²) in [5.74, 6) is 0.403. The van der Waals surface area contributed by atoms with Crippen LogP contribution in [0.25, 0.3) is 0 Å². The van der Waals surface area contributed by atoms with Gasteiger partial charge in [-0.3, -0.25) is 9.69 Å². The number of hydrogen-bond donors (Lipinski definition) is 0. The van der Waals surface area contributed by atoms with Crippen molar-refractivity contribution in [3.05, 3.63) is 68.6 Å². The number of halogens is 2. The van der Waals surface area contributed by atoms with E-state index in [0.29, 0.717) is 26.6 Å². The first kappa shape index (κ1) is 19.7. The Hall–Kier alpha value is -2.08. The minimum atomic E-state index is -0.0941. The van der Waals surface area contributed by atoms with Gasteiger partial charge in [0.1, 0.15) is 12.4 Å². The van der Waals surface area contributed by atoms with Crippen molar-refractivity contribution in [3.8, 4) is 5.75 Å². The Labute approximate surface area is 172 Å². The van der Waals surface area contributed by atoms with Crippen LogP contribution < -0.4 is 9.64 Å². The van der Waals surface area contributed by atoms with Crippen LogP contribution in [0.4, 0.5) is 10.8 Å². The predicted molar refractivity (Wildman–Crippen MR) is 112 cm³/mol. The number of nitrogens with zero attached hydrogens (tertiary/aromatic N) is 2. The maximum absolute atomic E-state index is 12.3. The molecule has 0 atom stereocenters. The van der Waals surface area contributed by atoms with Gasteiger partial charge in [-0.05, 0) is 43.2 Å². The number of aromatic nitrogens is 1. The zero-order valence-corrected chi connectivity index (χ0v) is 17.5. The number of carbonyl (C=O) groups is 1. The Balaban J connectivity index is 1.83. The van der Waals surface area contributed by atoms with Gasteiger partial charge in [-0.25, -0.2) is 4.98 Å². The van der Waals surface area contributed by atoms with E-state index in [0.717, 1.165) is 16.8 Å². The highest BCUT2D eigenvalue weighted by Crippen LogP contribution is 2.33.